The Labute approximate surface area is 160 Å². The van der Waals surface area contributed by atoms with Crippen LogP contribution in [0.1, 0.15) is 52.6 Å². The summed E-state index contributed by atoms with van der Waals surface area (Å²) in [6.45, 7) is 5.56. The van der Waals surface area contributed by atoms with Crippen molar-refractivity contribution in [3.05, 3.63) is 35.0 Å². The number of hydrogen-bond donors (Lipinski definition) is 0. The first-order chi connectivity index (χ1) is 13.0. The van der Waals surface area contributed by atoms with Crippen LogP contribution in [0.2, 0.25) is 0 Å². The molecule has 1 amide bonds. The Hall–Kier alpha value is -2.14. The number of amides is 1. The number of hydrogen-bond acceptors (Lipinski definition) is 3. The van der Waals surface area contributed by atoms with E-state index in [2.05, 4.69) is 30.5 Å². The van der Waals surface area contributed by atoms with Gasteiger partial charge in [0.15, 0.2) is 5.78 Å². The molecule has 0 spiro atoms. The predicted octanol–water partition coefficient (Wildman–Crippen LogP) is 3.20. The van der Waals surface area contributed by atoms with Crippen molar-refractivity contribution in [1.82, 2.24) is 14.4 Å². The molecule has 5 nitrogen and oxygen atoms in total. The standard InChI is InChI=1S/C22H29N3O2/c1-4-25-19-9-8-16(12-18(19)17-6-5-7-20(26)21(17)25)22(27)24-11-10-15(14-24)13-23(2)3/h8-9,12,15H,4-7,10-11,13-14H2,1-3H3/t15-/m1/s1. The molecule has 1 aliphatic carbocycles. The molecule has 1 aliphatic heterocycles. The third kappa shape index (κ3) is 3.18. The molecule has 1 atom stereocenters. The molecule has 2 heterocycles. The number of carbonyl (C=O) groups is 2. The lowest BCUT2D eigenvalue weighted by molar-refractivity contribution is 0.0785. The van der Waals surface area contributed by atoms with Crippen molar-refractivity contribution in [2.45, 2.75) is 39.2 Å². The second-order valence-electron chi connectivity index (χ2n) is 8.25. The van der Waals surface area contributed by atoms with Crippen LogP contribution in [-0.2, 0) is 13.0 Å². The topological polar surface area (TPSA) is 45.6 Å². The van der Waals surface area contributed by atoms with Gasteiger partial charge in [0.05, 0.1) is 5.69 Å². The first kappa shape index (κ1) is 18.2. The van der Waals surface area contributed by atoms with E-state index in [0.717, 1.165) is 73.2 Å². The largest absolute Gasteiger partial charge is 0.338 e. The average Bonchev–Trinajstić information content (AvgIpc) is 3.23. The van der Waals surface area contributed by atoms with Crippen LogP contribution < -0.4 is 0 Å². The zero-order valence-electron chi connectivity index (χ0n) is 16.6. The van der Waals surface area contributed by atoms with Gasteiger partial charge < -0.3 is 14.4 Å². The van der Waals surface area contributed by atoms with Crippen LogP contribution in [0, 0.1) is 5.92 Å². The number of ketones is 1. The van der Waals surface area contributed by atoms with E-state index in [0.29, 0.717) is 12.3 Å². The van der Waals surface area contributed by atoms with Gasteiger partial charge in [0.2, 0.25) is 0 Å². The van der Waals surface area contributed by atoms with E-state index in [1.165, 1.54) is 0 Å². The van der Waals surface area contributed by atoms with Crippen LogP contribution in [0.25, 0.3) is 10.9 Å². The summed E-state index contributed by atoms with van der Waals surface area (Å²) in [4.78, 5) is 29.7. The molecular weight excluding hydrogens is 338 g/mol. The highest BCUT2D eigenvalue weighted by Gasteiger charge is 2.29. The van der Waals surface area contributed by atoms with Crippen LogP contribution in [0.5, 0.6) is 0 Å². The Morgan fingerprint density at radius 3 is 2.81 bits per heavy atom. The number of Topliss-reactive ketones (excluding diaryl/α,β-unsaturated/α-hetero) is 1. The summed E-state index contributed by atoms with van der Waals surface area (Å²) < 4.78 is 2.13. The Morgan fingerprint density at radius 1 is 1.26 bits per heavy atom. The maximum atomic E-state index is 13.1. The number of nitrogens with zero attached hydrogens (tertiary/aromatic N) is 3. The van der Waals surface area contributed by atoms with Crippen molar-refractivity contribution in [3.63, 3.8) is 0 Å². The highest BCUT2D eigenvalue weighted by molar-refractivity contribution is 6.06. The van der Waals surface area contributed by atoms with Crippen molar-refractivity contribution in [3.8, 4) is 0 Å². The number of aryl methyl sites for hydroxylation is 2. The van der Waals surface area contributed by atoms with Crippen molar-refractivity contribution in [1.29, 1.82) is 0 Å². The van der Waals surface area contributed by atoms with E-state index < -0.39 is 0 Å². The summed E-state index contributed by atoms with van der Waals surface area (Å²) >= 11 is 0. The Bertz CT molecular complexity index is 897. The summed E-state index contributed by atoms with van der Waals surface area (Å²) in [6, 6.07) is 6.00. The lowest BCUT2D eigenvalue weighted by atomic mass is 9.94. The van der Waals surface area contributed by atoms with Crippen LogP contribution >= 0.6 is 0 Å². The summed E-state index contributed by atoms with van der Waals surface area (Å²) in [5.74, 6) is 0.922. The van der Waals surface area contributed by atoms with Gasteiger partial charge in [-0.1, -0.05) is 0 Å². The second kappa shape index (κ2) is 7.12. The molecular formula is C22H29N3O2. The molecule has 2 aromatic rings. The number of benzene rings is 1. The summed E-state index contributed by atoms with van der Waals surface area (Å²) in [5, 5.41) is 1.09. The van der Waals surface area contributed by atoms with Crippen LogP contribution in [0.4, 0.5) is 0 Å². The molecule has 1 aromatic carbocycles. The molecule has 0 N–H and O–H groups in total. The number of aromatic nitrogens is 1. The average molecular weight is 367 g/mol. The van der Waals surface area contributed by atoms with E-state index in [4.69, 9.17) is 0 Å². The Balaban J connectivity index is 1.66. The Kier molecular flexibility index (Phi) is 4.81. The maximum absolute atomic E-state index is 13.1. The molecule has 2 aliphatic rings. The van der Waals surface area contributed by atoms with E-state index in [1.54, 1.807) is 0 Å². The number of likely N-dealkylation sites (tertiary alicyclic amines) is 1. The highest BCUT2D eigenvalue weighted by Crippen LogP contribution is 2.33. The molecule has 4 rings (SSSR count). The van der Waals surface area contributed by atoms with Crippen LogP contribution in [0.15, 0.2) is 18.2 Å². The smallest absolute Gasteiger partial charge is 0.253 e. The number of rotatable bonds is 4. The molecule has 0 unspecified atom stereocenters. The van der Waals surface area contributed by atoms with Gasteiger partial charge >= 0.3 is 0 Å². The van der Waals surface area contributed by atoms with Crippen molar-refractivity contribution in [2.24, 2.45) is 5.92 Å². The van der Waals surface area contributed by atoms with Gasteiger partial charge in [-0.2, -0.15) is 0 Å². The van der Waals surface area contributed by atoms with E-state index in [9.17, 15) is 9.59 Å². The van der Waals surface area contributed by atoms with Gasteiger partial charge in [-0.25, -0.2) is 0 Å². The molecule has 0 radical (unpaired) electrons. The SMILES string of the molecule is CCn1c2c(c3cc(C(=O)N4CC[C@H](CN(C)C)C4)ccc31)CCCC2=O. The van der Waals surface area contributed by atoms with Gasteiger partial charge in [-0.3, -0.25) is 9.59 Å². The summed E-state index contributed by atoms with van der Waals surface area (Å²) in [7, 11) is 4.17. The monoisotopic (exact) mass is 367 g/mol. The minimum absolute atomic E-state index is 0.123. The van der Waals surface area contributed by atoms with Crippen LogP contribution in [0.3, 0.4) is 0 Å². The summed E-state index contributed by atoms with van der Waals surface area (Å²) in [6.07, 6.45) is 3.54. The van der Waals surface area contributed by atoms with Gasteiger partial charge in [-0.15, -0.1) is 0 Å². The van der Waals surface area contributed by atoms with E-state index >= 15 is 0 Å². The van der Waals surface area contributed by atoms with Gasteiger partial charge in [0.25, 0.3) is 5.91 Å². The fraction of sp³-hybridized carbons (Fsp3) is 0.545. The number of carbonyl (C=O) groups excluding carboxylic acids is 2. The summed E-state index contributed by atoms with van der Waals surface area (Å²) in [5.41, 5.74) is 3.85. The highest BCUT2D eigenvalue weighted by atomic mass is 16.2. The fourth-order valence-corrected chi connectivity index (χ4v) is 4.87. The zero-order valence-corrected chi connectivity index (χ0v) is 16.6. The Morgan fingerprint density at radius 2 is 2.07 bits per heavy atom. The normalized spacial score (nSPS) is 19.9. The van der Waals surface area contributed by atoms with Gasteiger partial charge in [0, 0.05) is 49.1 Å². The molecule has 144 valence electrons. The van der Waals surface area contributed by atoms with Crippen molar-refractivity contribution < 1.29 is 9.59 Å². The molecule has 1 saturated heterocycles. The van der Waals surface area contributed by atoms with Crippen molar-refractivity contribution in [2.75, 3.05) is 33.7 Å². The van der Waals surface area contributed by atoms with E-state index in [-0.39, 0.29) is 11.7 Å². The molecule has 1 aromatic heterocycles. The maximum Gasteiger partial charge on any atom is 0.253 e. The first-order valence-corrected chi connectivity index (χ1v) is 10.1. The second-order valence-corrected chi connectivity index (χ2v) is 8.25. The van der Waals surface area contributed by atoms with Gasteiger partial charge in [-0.05, 0) is 70.0 Å². The van der Waals surface area contributed by atoms with Crippen LogP contribution in [-0.4, -0.2) is 59.8 Å². The molecule has 27 heavy (non-hydrogen) atoms. The molecule has 0 bridgehead atoms. The minimum Gasteiger partial charge on any atom is -0.338 e. The predicted molar refractivity (Wildman–Crippen MR) is 107 cm³/mol. The third-order valence-electron chi connectivity index (χ3n) is 6.02. The fourth-order valence-electron chi connectivity index (χ4n) is 4.87. The quantitative estimate of drug-likeness (QED) is 0.834. The molecule has 5 heteroatoms. The van der Waals surface area contributed by atoms with Gasteiger partial charge in [0.1, 0.15) is 0 Å². The van der Waals surface area contributed by atoms with Crippen molar-refractivity contribution >= 4 is 22.6 Å². The molecule has 1 fully saturated rings. The number of fused-ring (bicyclic) bond motifs is 3. The zero-order chi connectivity index (χ0) is 19.1. The molecule has 0 saturated carbocycles. The third-order valence-corrected chi connectivity index (χ3v) is 6.02. The van der Waals surface area contributed by atoms with E-state index in [1.807, 2.05) is 23.1 Å². The lowest BCUT2D eigenvalue weighted by Crippen LogP contribution is -2.30. The first-order valence-electron chi connectivity index (χ1n) is 10.1. The lowest BCUT2D eigenvalue weighted by Gasteiger charge is -2.19. The minimum atomic E-state index is 0.123.